The Morgan fingerprint density at radius 3 is 2.52 bits per heavy atom. The van der Waals surface area contributed by atoms with Gasteiger partial charge >= 0.3 is 12.0 Å². The van der Waals surface area contributed by atoms with E-state index in [4.69, 9.17) is 14.6 Å². The summed E-state index contributed by atoms with van der Waals surface area (Å²) in [6, 6.07) is 4.47. The molecule has 21 heavy (non-hydrogen) atoms. The van der Waals surface area contributed by atoms with Crippen molar-refractivity contribution in [2.45, 2.75) is 13.3 Å². The SMILES string of the molecule is CCCN(CC(=O)O)C(=O)Nc1ccc(OC)cc1OC. The Morgan fingerprint density at radius 1 is 1.29 bits per heavy atom. The Hall–Kier alpha value is -2.44. The summed E-state index contributed by atoms with van der Waals surface area (Å²) in [7, 11) is 3.01. The molecule has 0 saturated carbocycles. The number of ether oxygens (including phenoxy) is 2. The Balaban J connectivity index is 2.87. The number of carbonyl (C=O) groups excluding carboxylic acids is 1. The Kier molecular flexibility index (Phi) is 6.32. The lowest BCUT2D eigenvalue weighted by Crippen LogP contribution is -2.39. The van der Waals surface area contributed by atoms with Gasteiger partial charge in [0.05, 0.1) is 19.9 Å². The zero-order valence-electron chi connectivity index (χ0n) is 12.4. The van der Waals surface area contributed by atoms with E-state index in [0.29, 0.717) is 30.2 Å². The van der Waals surface area contributed by atoms with Crippen LogP contribution in [0.3, 0.4) is 0 Å². The van der Waals surface area contributed by atoms with Gasteiger partial charge in [0.25, 0.3) is 0 Å². The summed E-state index contributed by atoms with van der Waals surface area (Å²) in [4.78, 5) is 24.1. The molecule has 0 spiro atoms. The predicted molar refractivity (Wildman–Crippen MR) is 78.1 cm³/mol. The van der Waals surface area contributed by atoms with Crippen LogP contribution in [0.1, 0.15) is 13.3 Å². The average Bonchev–Trinajstić information content (AvgIpc) is 2.46. The normalized spacial score (nSPS) is 9.86. The molecule has 2 N–H and O–H groups in total. The van der Waals surface area contributed by atoms with Crippen LogP contribution in [0.15, 0.2) is 18.2 Å². The lowest BCUT2D eigenvalue weighted by molar-refractivity contribution is -0.137. The molecule has 1 aromatic carbocycles. The fraction of sp³-hybridized carbons (Fsp3) is 0.429. The number of hydrogen-bond donors (Lipinski definition) is 2. The second-order valence-electron chi connectivity index (χ2n) is 4.31. The van der Waals surface area contributed by atoms with E-state index >= 15 is 0 Å². The number of amides is 2. The van der Waals surface area contributed by atoms with Crippen molar-refractivity contribution >= 4 is 17.7 Å². The number of benzene rings is 1. The number of nitrogens with one attached hydrogen (secondary N) is 1. The summed E-state index contributed by atoms with van der Waals surface area (Å²) in [6.45, 7) is 1.88. The number of carboxylic acid groups (broad SMARTS) is 1. The first-order valence-electron chi connectivity index (χ1n) is 6.51. The van der Waals surface area contributed by atoms with Crippen LogP contribution >= 0.6 is 0 Å². The molecule has 0 radical (unpaired) electrons. The van der Waals surface area contributed by atoms with Crippen molar-refractivity contribution in [2.75, 3.05) is 32.6 Å². The number of anilines is 1. The van der Waals surface area contributed by atoms with Crippen molar-refractivity contribution in [3.8, 4) is 11.5 Å². The third-order valence-electron chi connectivity index (χ3n) is 2.76. The van der Waals surface area contributed by atoms with Gasteiger partial charge in [-0.15, -0.1) is 0 Å². The highest BCUT2D eigenvalue weighted by Crippen LogP contribution is 2.29. The Bertz CT molecular complexity index is 504. The van der Waals surface area contributed by atoms with E-state index in [9.17, 15) is 9.59 Å². The Labute approximate surface area is 123 Å². The zero-order valence-corrected chi connectivity index (χ0v) is 12.4. The molecule has 0 aromatic heterocycles. The minimum Gasteiger partial charge on any atom is -0.497 e. The molecule has 0 saturated heterocycles. The van der Waals surface area contributed by atoms with Crippen molar-refractivity contribution in [1.29, 1.82) is 0 Å². The minimum atomic E-state index is -1.06. The molecule has 0 aliphatic carbocycles. The van der Waals surface area contributed by atoms with Crippen molar-refractivity contribution in [3.05, 3.63) is 18.2 Å². The largest absolute Gasteiger partial charge is 0.497 e. The van der Waals surface area contributed by atoms with Crippen LogP contribution in [0.5, 0.6) is 11.5 Å². The lowest BCUT2D eigenvalue weighted by Gasteiger charge is -2.21. The van der Waals surface area contributed by atoms with Gasteiger partial charge in [-0.05, 0) is 18.6 Å². The molecule has 0 aliphatic heterocycles. The van der Waals surface area contributed by atoms with E-state index in [0.717, 1.165) is 0 Å². The molecule has 0 bridgehead atoms. The summed E-state index contributed by atoms with van der Waals surface area (Å²) in [5.41, 5.74) is 0.454. The van der Waals surface area contributed by atoms with Crippen molar-refractivity contribution in [1.82, 2.24) is 4.90 Å². The molecule has 116 valence electrons. The second kappa shape index (κ2) is 7.98. The van der Waals surface area contributed by atoms with Gasteiger partial charge in [0.2, 0.25) is 0 Å². The van der Waals surface area contributed by atoms with Crippen molar-refractivity contribution in [2.24, 2.45) is 0 Å². The van der Waals surface area contributed by atoms with E-state index in [-0.39, 0.29) is 6.54 Å². The molecule has 0 fully saturated rings. The van der Waals surface area contributed by atoms with Crippen LogP contribution in [0.2, 0.25) is 0 Å². The number of nitrogens with zero attached hydrogens (tertiary/aromatic N) is 1. The molecule has 2 amide bonds. The molecular weight excluding hydrogens is 276 g/mol. The lowest BCUT2D eigenvalue weighted by atomic mass is 10.2. The van der Waals surface area contributed by atoms with Gasteiger partial charge < -0.3 is 24.8 Å². The molecule has 7 nitrogen and oxygen atoms in total. The maximum Gasteiger partial charge on any atom is 0.323 e. The molecule has 1 rings (SSSR count). The van der Waals surface area contributed by atoms with Crippen molar-refractivity contribution < 1.29 is 24.2 Å². The molecule has 0 atom stereocenters. The van der Waals surface area contributed by atoms with Gasteiger partial charge in [-0.1, -0.05) is 6.92 Å². The van der Waals surface area contributed by atoms with Crippen LogP contribution < -0.4 is 14.8 Å². The van der Waals surface area contributed by atoms with Crippen molar-refractivity contribution in [3.63, 3.8) is 0 Å². The maximum atomic E-state index is 12.1. The van der Waals surface area contributed by atoms with Gasteiger partial charge in [-0.25, -0.2) is 4.79 Å². The predicted octanol–water partition coefficient (Wildman–Crippen LogP) is 2.03. The maximum absolute atomic E-state index is 12.1. The number of hydrogen-bond acceptors (Lipinski definition) is 4. The van der Waals surface area contributed by atoms with E-state index in [1.807, 2.05) is 6.92 Å². The summed E-state index contributed by atoms with van der Waals surface area (Å²) in [5, 5.41) is 11.5. The fourth-order valence-electron chi connectivity index (χ4n) is 1.78. The summed E-state index contributed by atoms with van der Waals surface area (Å²) >= 11 is 0. The third kappa shape index (κ3) is 4.87. The highest BCUT2D eigenvalue weighted by Gasteiger charge is 2.17. The number of carboxylic acids is 1. The second-order valence-corrected chi connectivity index (χ2v) is 4.31. The first-order chi connectivity index (χ1) is 10.0. The molecule has 0 unspecified atom stereocenters. The average molecular weight is 296 g/mol. The monoisotopic (exact) mass is 296 g/mol. The first-order valence-corrected chi connectivity index (χ1v) is 6.51. The van der Waals surface area contributed by atoms with Crippen LogP contribution in [0.25, 0.3) is 0 Å². The standard InChI is InChI=1S/C14H20N2O5/c1-4-7-16(9-13(17)18)14(19)15-11-6-5-10(20-2)8-12(11)21-3/h5-6,8H,4,7,9H2,1-3H3,(H,15,19)(H,17,18). The van der Waals surface area contributed by atoms with E-state index in [1.165, 1.54) is 19.1 Å². The number of urea groups is 1. The quantitative estimate of drug-likeness (QED) is 0.803. The summed E-state index contributed by atoms with van der Waals surface area (Å²) < 4.78 is 10.3. The summed E-state index contributed by atoms with van der Waals surface area (Å²) in [6.07, 6.45) is 0.667. The minimum absolute atomic E-state index is 0.349. The van der Waals surface area contributed by atoms with Crippen LogP contribution in [0.4, 0.5) is 10.5 Å². The molecule has 7 heteroatoms. The van der Waals surface area contributed by atoms with E-state index < -0.39 is 12.0 Å². The molecular formula is C14H20N2O5. The third-order valence-corrected chi connectivity index (χ3v) is 2.76. The number of aliphatic carboxylic acids is 1. The van der Waals surface area contributed by atoms with Gasteiger partial charge in [0.1, 0.15) is 18.0 Å². The van der Waals surface area contributed by atoms with Crippen LogP contribution in [-0.4, -0.2) is 49.3 Å². The number of rotatable bonds is 7. The van der Waals surface area contributed by atoms with Gasteiger partial charge in [-0.2, -0.15) is 0 Å². The molecule has 1 aromatic rings. The highest BCUT2D eigenvalue weighted by molar-refractivity contribution is 5.92. The first kappa shape index (κ1) is 16.6. The highest BCUT2D eigenvalue weighted by atomic mass is 16.5. The summed E-state index contributed by atoms with van der Waals surface area (Å²) in [5.74, 6) is -0.0180. The smallest absolute Gasteiger partial charge is 0.323 e. The van der Waals surface area contributed by atoms with Gasteiger partial charge in [0, 0.05) is 12.6 Å². The van der Waals surface area contributed by atoms with Crippen LogP contribution in [0, 0.1) is 0 Å². The Morgan fingerprint density at radius 2 is 2.00 bits per heavy atom. The fourth-order valence-corrected chi connectivity index (χ4v) is 1.78. The molecule has 0 heterocycles. The topological polar surface area (TPSA) is 88.1 Å². The van der Waals surface area contributed by atoms with Gasteiger partial charge in [0.15, 0.2) is 0 Å². The van der Waals surface area contributed by atoms with Gasteiger partial charge in [-0.3, -0.25) is 4.79 Å². The van der Waals surface area contributed by atoms with Crippen LogP contribution in [-0.2, 0) is 4.79 Å². The van der Waals surface area contributed by atoms with E-state index in [1.54, 1.807) is 18.2 Å². The number of methoxy groups -OCH3 is 2. The zero-order chi connectivity index (χ0) is 15.8. The van der Waals surface area contributed by atoms with E-state index in [2.05, 4.69) is 5.32 Å². The number of carbonyl (C=O) groups is 2. The molecule has 0 aliphatic rings.